The number of nitrogens with one attached hydrogen (secondary N) is 1. The molecule has 0 aliphatic heterocycles. The lowest BCUT2D eigenvalue weighted by atomic mass is 10.1. The molecule has 1 aromatic carbocycles. The van der Waals surface area contributed by atoms with Crippen molar-refractivity contribution in [1.29, 1.82) is 0 Å². The third-order valence-corrected chi connectivity index (χ3v) is 3.36. The van der Waals surface area contributed by atoms with Crippen LogP contribution in [0.25, 0.3) is 0 Å². The molecule has 0 bridgehead atoms. The van der Waals surface area contributed by atoms with Crippen molar-refractivity contribution in [3.8, 4) is 0 Å². The summed E-state index contributed by atoms with van der Waals surface area (Å²) >= 11 is 0. The summed E-state index contributed by atoms with van der Waals surface area (Å²) in [5.74, 6) is 0. The van der Waals surface area contributed by atoms with Gasteiger partial charge in [-0.3, -0.25) is 4.68 Å². The van der Waals surface area contributed by atoms with Crippen molar-refractivity contribution in [2.45, 2.75) is 32.9 Å². The summed E-state index contributed by atoms with van der Waals surface area (Å²) in [4.78, 5) is 0. The monoisotopic (exact) mass is 243 g/mol. The first kappa shape index (κ1) is 12.8. The van der Waals surface area contributed by atoms with Gasteiger partial charge in [0.1, 0.15) is 0 Å². The highest BCUT2D eigenvalue weighted by Gasteiger charge is 2.05. The molecule has 18 heavy (non-hydrogen) atoms. The minimum absolute atomic E-state index is 0.348. The fraction of sp³-hybridized carbons (Fsp3) is 0.400. The Bertz CT molecular complexity index is 485. The van der Waals surface area contributed by atoms with E-state index >= 15 is 0 Å². The Morgan fingerprint density at radius 2 is 1.89 bits per heavy atom. The van der Waals surface area contributed by atoms with E-state index in [0.29, 0.717) is 6.04 Å². The molecule has 1 unspecified atom stereocenters. The van der Waals surface area contributed by atoms with Gasteiger partial charge < -0.3 is 5.32 Å². The van der Waals surface area contributed by atoms with Gasteiger partial charge in [0, 0.05) is 17.8 Å². The van der Waals surface area contributed by atoms with E-state index in [-0.39, 0.29) is 0 Å². The molecule has 0 saturated carbocycles. The van der Waals surface area contributed by atoms with Crippen molar-refractivity contribution in [1.82, 2.24) is 15.1 Å². The maximum atomic E-state index is 4.40. The van der Waals surface area contributed by atoms with Gasteiger partial charge in [-0.2, -0.15) is 5.10 Å². The zero-order chi connectivity index (χ0) is 13.0. The Labute approximate surface area is 109 Å². The van der Waals surface area contributed by atoms with Gasteiger partial charge in [-0.25, -0.2) is 0 Å². The number of nitrogens with zero attached hydrogens (tertiary/aromatic N) is 2. The molecule has 2 rings (SSSR count). The van der Waals surface area contributed by atoms with Crippen LogP contribution in [-0.2, 0) is 13.0 Å². The molecular weight excluding hydrogens is 222 g/mol. The highest BCUT2D eigenvalue weighted by Crippen LogP contribution is 2.12. The summed E-state index contributed by atoms with van der Waals surface area (Å²) in [6.07, 6.45) is 5.13. The van der Waals surface area contributed by atoms with Crippen LogP contribution in [0.2, 0.25) is 0 Å². The largest absolute Gasteiger partial charge is 0.313 e. The second-order valence-corrected chi connectivity index (χ2v) is 4.65. The van der Waals surface area contributed by atoms with Gasteiger partial charge in [0.25, 0.3) is 0 Å². The summed E-state index contributed by atoms with van der Waals surface area (Å²) in [7, 11) is 1.96. The molecule has 0 aliphatic carbocycles. The predicted molar refractivity (Wildman–Crippen MR) is 74.6 cm³/mol. The Morgan fingerprint density at radius 1 is 1.22 bits per heavy atom. The molecule has 1 heterocycles. The van der Waals surface area contributed by atoms with E-state index in [1.165, 1.54) is 16.7 Å². The molecule has 0 aliphatic rings. The van der Waals surface area contributed by atoms with Crippen LogP contribution in [0.4, 0.5) is 0 Å². The number of hydrogen-bond donors (Lipinski definition) is 1. The molecule has 1 aromatic heterocycles. The maximum absolute atomic E-state index is 4.40. The number of benzene rings is 1. The molecular formula is C15H21N3. The van der Waals surface area contributed by atoms with Crippen molar-refractivity contribution in [3.63, 3.8) is 0 Å². The zero-order valence-electron chi connectivity index (χ0n) is 11.4. The third kappa shape index (κ3) is 2.99. The molecule has 0 spiro atoms. The molecule has 96 valence electrons. The summed E-state index contributed by atoms with van der Waals surface area (Å²) in [6, 6.07) is 9.09. The summed E-state index contributed by atoms with van der Waals surface area (Å²) in [6.45, 7) is 5.14. The van der Waals surface area contributed by atoms with Crippen LogP contribution in [0.15, 0.2) is 36.7 Å². The molecule has 3 heteroatoms. The average molecular weight is 243 g/mol. The topological polar surface area (TPSA) is 29.9 Å². The minimum Gasteiger partial charge on any atom is -0.313 e. The standard InChI is InChI=1S/C15H21N3/c1-4-13-5-7-14(8-6-13)10-18-11-15(9-17-18)12(2)16-3/h5-9,11-12,16H,4,10H2,1-3H3. The first-order valence-electron chi connectivity index (χ1n) is 6.50. The highest BCUT2D eigenvalue weighted by molar-refractivity contribution is 5.23. The van der Waals surface area contributed by atoms with Gasteiger partial charge >= 0.3 is 0 Å². The molecule has 3 nitrogen and oxygen atoms in total. The number of aryl methyl sites for hydroxylation is 1. The van der Waals surface area contributed by atoms with Crippen LogP contribution in [0.5, 0.6) is 0 Å². The number of aromatic nitrogens is 2. The maximum Gasteiger partial charge on any atom is 0.0659 e. The first-order chi connectivity index (χ1) is 8.72. The molecule has 1 N–H and O–H groups in total. The fourth-order valence-electron chi connectivity index (χ4n) is 1.92. The van der Waals surface area contributed by atoms with E-state index in [1.54, 1.807) is 0 Å². The highest BCUT2D eigenvalue weighted by atomic mass is 15.3. The second kappa shape index (κ2) is 5.83. The molecule has 2 aromatic rings. The van der Waals surface area contributed by atoms with Crippen LogP contribution in [0.1, 0.15) is 36.6 Å². The van der Waals surface area contributed by atoms with Gasteiger partial charge in [0.05, 0.1) is 12.7 Å². The van der Waals surface area contributed by atoms with E-state index < -0.39 is 0 Å². The van der Waals surface area contributed by atoms with Crippen molar-refractivity contribution >= 4 is 0 Å². The van der Waals surface area contributed by atoms with Crippen molar-refractivity contribution < 1.29 is 0 Å². The van der Waals surface area contributed by atoms with Crippen LogP contribution in [-0.4, -0.2) is 16.8 Å². The Balaban J connectivity index is 2.06. The van der Waals surface area contributed by atoms with Crippen LogP contribution in [0, 0.1) is 0 Å². The molecule has 1 atom stereocenters. The lowest BCUT2D eigenvalue weighted by molar-refractivity contribution is 0.646. The smallest absolute Gasteiger partial charge is 0.0659 e. The Morgan fingerprint density at radius 3 is 2.50 bits per heavy atom. The molecule has 0 fully saturated rings. The Kier molecular flexibility index (Phi) is 4.15. The lowest BCUT2D eigenvalue weighted by Gasteiger charge is -2.06. The van der Waals surface area contributed by atoms with Gasteiger partial charge in [0.2, 0.25) is 0 Å². The zero-order valence-corrected chi connectivity index (χ0v) is 11.4. The number of hydrogen-bond acceptors (Lipinski definition) is 2. The summed E-state index contributed by atoms with van der Waals surface area (Å²) in [5.41, 5.74) is 3.89. The van der Waals surface area contributed by atoms with Crippen LogP contribution < -0.4 is 5.32 Å². The molecule has 0 amide bonds. The van der Waals surface area contributed by atoms with Gasteiger partial charge in [-0.1, -0.05) is 31.2 Å². The van der Waals surface area contributed by atoms with E-state index in [4.69, 9.17) is 0 Å². The molecule has 0 radical (unpaired) electrons. The van der Waals surface area contributed by atoms with Crippen LogP contribution in [0.3, 0.4) is 0 Å². The van der Waals surface area contributed by atoms with Crippen molar-refractivity contribution in [2.24, 2.45) is 0 Å². The van der Waals surface area contributed by atoms with E-state index in [0.717, 1.165) is 13.0 Å². The first-order valence-corrected chi connectivity index (χ1v) is 6.50. The predicted octanol–water partition coefficient (Wildman–Crippen LogP) is 2.77. The van der Waals surface area contributed by atoms with Crippen molar-refractivity contribution in [3.05, 3.63) is 53.3 Å². The van der Waals surface area contributed by atoms with E-state index in [2.05, 4.69) is 54.7 Å². The summed E-state index contributed by atoms with van der Waals surface area (Å²) in [5, 5.41) is 7.62. The summed E-state index contributed by atoms with van der Waals surface area (Å²) < 4.78 is 1.99. The van der Waals surface area contributed by atoms with Crippen LogP contribution >= 0.6 is 0 Å². The Hall–Kier alpha value is -1.61. The quantitative estimate of drug-likeness (QED) is 0.875. The van der Waals surface area contributed by atoms with Gasteiger partial charge in [-0.15, -0.1) is 0 Å². The second-order valence-electron chi connectivity index (χ2n) is 4.65. The minimum atomic E-state index is 0.348. The average Bonchev–Trinajstić information content (AvgIpc) is 2.87. The van der Waals surface area contributed by atoms with Gasteiger partial charge in [0.15, 0.2) is 0 Å². The SMILES string of the molecule is CCc1ccc(Cn2cc(C(C)NC)cn2)cc1. The fourth-order valence-corrected chi connectivity index (χ4v) is 1.92. The van der Waals surface area contributed by atoms with E-state index in [9.17, 15) is 0 Å². The van der Waals surface area contributed by atoms with Gasteiger partial charge in [-0.05, 0) is 31.5 Å². The van der Waals surface area contributed by atoms with E-state index in [1.807, 2.05) is 17.9 Å². The normalized spacial score (nSPS) is 12.6. The lowest BCUT2D eigenvalue weighted by Crippen LogP contribution is -2.11. The molecule has 0 saturated heterocycles. The van der Waals surface area contributed by atoms with Crippen molar-refractivity contribution in [2.75, 3.05) is 7.05 Å². The number of rotatable bonds is 5. The third-order valence-electron chi connectivity index (χ3n) is 3.36.